The zero-order chi connectivity index (χ0) is 20.4. The van der Waals surface area contributed by atoms with Gasteiger partial charge in [0, 0.05) is 28.8 Å². The van der Waals surface area contributed by atoms with Crippen LogP contribution in [0.4, 0.5) is 0 Å². The van der Waals surface area contributed by atoms with Crippen molar-refractivity contribution in [1.29, 1.82) is 0 Å². The number of benzene rings is 1. The van der Waals surface area contributed by atoms with Crippen LogP contribution in [-0.4, -0.2) is 15.5 Å². The minimum atomic E-state index is -0.106. The zero-order valence-corrected chi connectivity index (χ0v) is 17.8. The maximum atomic E-state index is 13.1. The molecule has 0 aliphatic rings. The van der Waals surface area contributed by atoms with Gasteiger partial charge in [0.25, 0.3) is 5.56 Å². The molecular formula is C22H21N3O2S2. The van der Waals surface area contributed by atoms with Crippen molar-refractivity contribution in [3.8, 4) is 11.1 Å². The van der Waals surface area contributed by atoms with Crippen molar-refractivity contribution < 1.29 is 4.79 Å². The van der Waals surface area contributed by atoms with Crippen LogP contribution < -0.4 is 10.9 Å². The summed E-state index contributed by atoms with van der Waals surface area (Å²) in [6, 6.07) is 12.0. The van der Waals surface area contributed by atoms with Gasteiger partial charge >= 0.3 is 0 Å². The Balaban J connectivity index is 1.53. The summed E-state index contributed by atoms with van der Waals surface area (Å²) < 4.78 is 1.53. The van der Waals surface area contributed by atoms with E-state index < -0.39 is 0 Å². The Morgan fingerprint density at radius 3 is 2.72 bits per heavy atom. The van der Waals surface area contributed by atoms with Gasteiger partial charge in [-0.05, 0) is 30.9 Å². The van der Waals surface area contributed by atoms with Crippen molar-refractivity contribution in [2.75, 3.05) is 0 Å². The maximum absolute atomic E-state index is 13.1. The predicted octanol–water partition coefficient (Wildman–Crippen LogP) is 4.76. The fraction of sp³-hybridized carbons (Fsp3) is 0.227. The van der Waals surface area contributed by atoms with E-state index in [1.807, 2.05) is 61.0 Å². The van der Waals surface area contributed by atoms with Crippen molar-refractivity contribution in [3.05, 3.63) is 74.3 Å². The molecule has 7 heteroatoms. The molecule has 0 saturated carbocycles. The number of hydrogen-bond donors (Lipinski definition) is 1. The fourth-order valence-corrected chi connectivity index (χ4v) is 4.86. The molecule has 0 aliphatic heterocycles. The predicted molar refractivity (Wildman–Crippen MR) is 120 cm³/mol. The quantitative estimate of drug-likeness (QED) is 0.486. The zero-order valence-electron chi connectivity index (χ0n) is 16.2. The van der Waals surface area contributed by atoms with E-state index in [4.69, 9.17) is 0 Å². The van der Waals surface area contributed by atoms with E-state index in [0.29, 0.717) is 11.9 Å². The number of nitrogens with one attached hydrogen (secondary N) is 1. The number of fused-ring (bicyclic) bond motifs is 1. The van der Waals surface area contributed by atoms with Crippen LogP contribution in [0.15, 0.2) is 58.3 Å². The molecule has 3 aromatic heterocycles. The van der Waals surface area contributed by atoms with Gasteiger partial charge in [0.2, 0.25) is 5.91 Å². The van der Waals surface area contributed by atoms with Gasteiger partial charge in [-0.1, -0.05) is 35.9 Å². The molecule has 148 valence electrons. The first-order valence-electron chi connectivity index (χ1n) is 9.39. The number of nitrogens with zero attached hydrogens (tertiary/aromatic N) is 2. The molecule has 4 rings (SSSR count). The number of carbonyl (C=O) groups is 1. The number of amides is 1. The third kappa shape index (κ3) is 4.16. The first-order valence-corrected chi connectivity index (χ1v) is 11.2. The van der Waals surface area contributed by atoms with E-state index in [1.165, 1.54) is 27.8 Å². The summed E-state index contributed by atoms with van der Waals surface area (Å²) in [6.07, 6.45) is 1.77. The number of carbonyl (C=O) groups excluding carboxylic acids is 1. The molecule has 4 aromatic rings. The number of rotatable bonds is 6. The number of aryl methyl sites for hydroxylation is 2. The average Bonchev–Trinajstić information content (AvgIpc) is 3.38. The molecule has 1 amide bonds. The molecular weight excluding hydrogens is 402 g/mol. The molecule has 0 saturated heterocycles. The van der Waals surface area contributed by atoms with Crippen LogP contribution >= 0.6 is 22.7 Å². The molecule has 1 aromatic carbocycles. The fourth-order valence-electron chi connectivity index (χ4n) is 3.22. The Morgan fingerprint density at radius 1 is 1.21 bits per heavy atom. The van der Waals surface area contributed by atoms with E-state index in [9.17, 15) is 9.59 Å². The first kappa shape index (κ1) is 19.5. The highest BCUT2D eigenvalue weighted by Crippen LogP contribution is 2.30. The van der Waals surface area contributed by atoms with E-state index in [0.717, 1.165) is 20.8 Å². The SMILES string of the molecule is Cc1ccc(-c2csc3ncn(CCC(=O)NC(C)c4cccs4)c(=O)c23)cc1. The molecule has 3 heterocycles. The molecule has 0 spiro atoms. The molecule has 1 atom stereocenters. The van der Waals surface area contributed by atoms with Crippen LogP contribution in [0.3, 0.4) is 0 Å². The van der Waals surface area contributed by atoms with Gasteiger partial charge in [0.05, 0.1) is 17.8 Å². The third-order valence-corrected chi connectivity index (χ3v) is 6.79. The second-order valence-corrected chi connectivity index (χ2v) is 8.83. The van der Waals surface area contributed by atoms with Crippen molar-refractivity contribution in [1.82, 2.24) is 14.9 Å². The monoisotopic (exact) mass is 423 g/mol. The van der Waals surface area contributed by atoms with Crippen LogP contribution in [0.2, 0.25) is 0 Å². The highest BCUT2D eigenvalue weighted by atomic mass is 32.1. The largest absolute Gasteiger partial charge is 0.349 e. The Labute approximate surface area is 176 Å². The van der Waals surface area contributed by atoms with E-state index in [1.54, 1.807) is 11.3 Å². The van der Waals surface area contributed by atoms with Gasteiger partial charge in [-0.2, -0.15) is 0 Å². The summed E-state index contributed by atoms with van der Waals surface area (Å²) in [7, 11) is 0. The van der Waals surface area contributed by atoms with Crippen LogP contribution in [-0.2, 0) is 11.3 Å². The van der Waals surface area contributed by atoms with Crippen molar-refractivity contribution >= 4 is 38.8 Å². The summed E-state index contributed by atoms with van der Waals surface area (Å²) >= 11 is 3.08. The average molecular weight is 424 g/mol. The van der Waals surface area contributed by atoms with Crippen LogP contribution in [0.1, 0.15) is 29.8 Å². The van der Waals surface area contributed by atoms with Crippen molar-refractivity contribution in [3.63, 3.8) is 0 Å². The molecule has 0 radical (unpaired) electrons. The topological polar surface area (TPSA) is 64.0 Å². The van der Waals surface area contributed by atoms with Gasteiger partial charge in [-0.25, -0.2) is 4.98 Å². The molecule has 29 heavy (non-hydrogen) atoms. The summed E-state index contributed by atoms with van der Waals surface area (Å²) in [5.74, 6) is -0.0815. The van der Waals surface area contributed by atoms with E-state index >= 15 is 0 Å². The standard InChI is InChI=1S/C22H21N3O2S2/c1-14-5-7-16(8-6-14)17-12-29-21-20(17)22(27)25(13-23-21)10-9-19(26)24-15(2)18-4-3-11-28-18/h3-8,11-13,15H,9-10H2,1-2H3,(H,24,26). The highest BCUT2D eigenvalue weighted by Gasteiger charge is 2.15. The lowest BCUT2D eigenvalue weighted by molar-refractivity contribution is -0.121. The van der Waals surface area contributed by atoms with Gasteiger partial charge in [0.15, 0.2) is 0 Å². The van der Waals surface area contributed by atoms with Crippen LogP contribution in [0, 0.1) is 6.92 Å². The maximum Gasteiger partial charge on any atom is 0.262 e. The van der Waals surface area contributed by atoms with Gasteiger partial charge in [-0.3, -0.25) is 14.2 Å². The van der Waals surface area contributed by atoms with Crippen molar-refractivity contribution in [2.45, 2.75) is 32.9 Å². The first-order chi connectivity index (χ1) is 14.0. The molecule has 1 N–H and O–H groups in total. The van der Waals surface area contributed by atoms with Gasteiger partial charge in [0.1, 0.15) is 4.83 Å². The Bertz CT molecular complexity index is 1190. The number of thiophene rings is 2. The minimum Gasteiger partial charge on any atom is -0.349 e. The summed E-state index contributed by atoms with van der Waals surface area (Å²) in [6.45, 7) is 4.30. The normalized spacial score (nSPS) is 12.2. The second-order valence-electron chi connectivity index (χ2n) is 6.99. The summed E-state index contributed by atoms with van der Waals surface area (Å²) in [5.41, 5.74) is 2.96. The van der Waals surface area contributed by atoms with Crippen LogP contribution in [0.5, 0.6) is 0 Å². The van der Waals surface area contributed by atoms with E-state index in [2.05, 4.69) is 10.3 Å². The molecule has 0 aliphatic carbocycles. The number of hydrogen-bond acceptors (Lipinski definition) is 5. The Morgan fingerprint density at radius 2 is 2.00 bits per heavy atom. The molecule has 0 bridgehead atoms. The van der Waals surface area contributed by atoms with Gasteiger partial charge in [-0.15, -0.1) is 22.7 Å². The lowest BCUT2D eigenvalue weighted by atomic mass is 10.1. The smallest absolute Gasteiger partial charge is 0.262 e. The lowest BCUT2D eigenvalue weighted by Crippen LogP contribution is -2.29. The number of aromatic nitrogens is 2. The van der Waals surface area contributed by atoms with Crippen LogP contribution in [0.25, 0.3) is 21.3 Å². The minimum absolute atomic E-state index is 0.0372. The Kier molecular flexibility index (Phi) is 5.60. The summed E-state index contributed by atoms with van der Waals surface area (Å²) in [4.78, 5) is 31.7. The second kappa shape index (κ2) is 8.31. The molecule has 0 fully saturated rings. The Hall–Kier alpha value is -2.77. The lowest BCUT2D eigenvalue weighted by Gasteiger charge is -2.12. The highest BCUT2D eigenvalue weighted by molar-refractivity contribution is 7.17. The van der Waals surface area contributed by atoms with Gasteiger partial charge < -0.3 is 5.32 Å². The molecule has 5 nitrogen and oxygen atoms in total. The van der Waals surface area contributed by atoms with Crippen molar-refractivity contribution in [2.24, 2.45) is 0 Å². The molecule has 1 unspecified atom stereocenters. The third-order valence-electron chi connectivity index (χ3n) is 4.85. The summed E-state index contributed by atoms with van der Waals surface area (Å²) in [5, 5.41) is 7.57. The van der Waals surface area contributed by atoms with E-state index in [-0.39, 0.29) is 23.9 Å².